The van der Waals surface area contributed by atoms with Crippen molar-refractivity contribution in [3.8, 4) is 5.88 Å². The van der Waals surface area contributed by atoms with Gasteiger partial charge in [-0.25, -0.2) is 4.98 Å². The minimum Gasteiger partial charge on any atom is -0.481 e. The molecule has 0 aliphatic carbocycles. The molecule has 1 aliphatic heterocycles. The van der Waals surface area contributed by atoms with Crippen molar-refractivity contribution in [2.45, 2.75) is 19.4 Å². The molecule has 0 spiro atoms. The molecule has 3 rings (SSSR count). The Labute approximate surface area is 123 Å². The second-order valence-electron chi connectivity index (χ2n) is 5.04. The van der Waals surface area contributed by atoms with Gasteiger partial charge in [-0.3, -0.25) is 4.79 Å². The van der Waals surface area contributed by atoms with Gasteiger partial charge in [0.1, 0.15) is 0 Å². The highest BCUT2D eigenvalue weighted by Crippen LogP contribution is 2.31. The zero-order chi connectivity index (χ0) is 14.8. The molecule has 1 amide bonds. The fraction of sp³-hybridized carbons (Fsp3) is 0.250. The molecule has 0 atom stereocenters. The Bertz CT molecular complexity index is 685. The van der Waals surface area contributed by atoms with Crippen LogP contribution in [0.3, 0.4) is 0 Å². The van der Waals surface area contributed by atoms with Gasteiger partial charge in [-0.2, -0.15) is 0 Å². The van der Waals surface area contributed by atoms with Crippen molar-refractivity contribution in [1.29, 1.82) is 0 Å². The van der Waals surface area contributed by atoms with E-state index in [9.17, 15) is 4.79 Å². The number of nitrogens with two attached hydrogens (primary N) is 1. The maximum atomic E-state index is 12.3. The van der Waals surface area contributed by atoms with Crippen LogP contribution in [0.15, 0.2) is 36.5 Å². The molecule has 0 saturated heterocycles. The number of methoxy groups -OCH3 is 1. The monoisotopic (exact) mass is 283 g/mol. The van der Waals surface area contributed by atoms with Gasteiger partial charge in [0, 0.05) is 29.6 Å². The summed E-state index contributed by atoms with van der Waals surface area (Å²) in [4.78, 5) is 18.2. The number of benzene rings is 1. The summed E-state index contributed by atoms with van der Waals surface area (Å²) in [5.74, 6) is 0.658. The largest absolute Gasteiger partial charge is 0.481 e. The number of ether oxygens (including phenoxy) is 1. The maximum Gasteiger partial charge on any atom is 0.227 e. The number of nitrogen functional groups attached to an aromatic ring is 1. The Morgan fingerprint density at radius 2 is 2.19 bits per heavy atom. The van der Waals surface area contributed by atoms with Gasteiger partial charge in [0.15, 0.2) is 0 Å². The SMILES string of the molecule is COc1ncccc1CN1C(=O)CCc2cc(N)ccc21. The molecule has 21 heavy (non-hydrogen) atoms. The Balaban J connectivity index is 1.97. The number of hydrogen-bond donors (Lipinski definition) is 1. The van der Waals surface area contributed by atoms with E-state index >= 15 is 0 Å². The first-order valence-electron chi connectivity index (χ1n) is 6.85. The second kappa shape index (κ2) is 5.44. The molecule has 5 heteroatoms. The fourth-order valence-electron chi connectivity index (χ4n) is 2.65. The van der Waals surface area contributed by atoms with Crippen LogP contribution < -0.4 is 15.4 Å². The van der Waals surface area contributed by atoms with E-state index in [0.29, 0.717) is 18.8 Å². The van der Waals surface area contributed by atoms with E-state index in [1.54, 1.807) is 18.2 Å². The number of anilines is 2. The number of amides is 1. The minimum absolute atomic E-state index is 0.109. The highest BCUT2D eigenvalue weighted by Gasteiger charge is 2.25. The lowest BCUT2D eigenvalue weighted by Gasteiger charge is -2.30. The van der Waals surface area contributed by atoms with Gasteiger partial charge < -0.3 is 15.4 Å². The molecule has 0 radical (unpaired) electrons. The van der Waals surface area contributed by atoms with Gasteiger partial charge >= 0.3 is 0 Å². The Morgan fingerprint density at radius 3 is 3.00 bits per heavy atom. The van der Waals surface area contributed by atoms with Crippen molar-refractivity contribution < 1.29 is 9.53 Å². The quantitative estimate of drug-likeness (QED) is 0.876. The van der Waals surface area contributed by atoms with Gasteiger partial charge in [-0.05, 0) is 36.2 Å². The third kappa shape index (κ3) is 2.54. The van der Waals surface area contributed by atoms with Gasteiger partial charge in [0.2, 0.25) is 11.8 Å². The van der Waals surface area contributed by atoms with Gasteiger partial charge in [-0.15, -0.1) is 0 Å². The predicted octanol–water partition coefficient (Wildman–Crippen LogP) is 2.15. The normalized spacial score (nSPS) is 14.0. The van der Waals surface area contributed by atoms with E-state index in [2.05, 4.69) is 4.98 Å². The third-order valence-electron chi connectivity index (χ3n) is 3.68. The molecule has 5 nitrogen and oxygen atoms in total. The molecule has 0 unspecified atom stereocenters. The molecule has 108 valence electrons. The fourth-order valence-corrected chi connectivity index (χ4v) is 2.65. The lowest BCUT2D eigenvalue weighted by atomic mass is 10.00. The lowest BCUT2D eigenvalue weighted by Crippen LogP contribution is -2.34. The van der Waals surface area contributed by atoms with Crippen molar-refractivity contribution in [2.75, 3.05) is 17.7 Å². The summed E-state index contributed by atoms with van der Waals surface area (Å²) >= 11 is 0. The van der Waals surface area contributed by atoms with Crippen LogP contribution in [0.5, 0.6) is 5.88 Å². The van der Waals surface area contributed by atoms with Crippen LogP contribution in [0.4, 0.5) is 11.4 Å². The average molecular weight is 283 g/mol. The first kappa shape index (κ1) is 13.4. The molecule has 1 aromatic heterocycles. The van der Waals surface area contributed by atoms with Gasteiger partial charge in [0.25, 0.3) is 0 Å². The van der Waals surface area contributed by atoms with Crippen LogP contribution in [0.2, 0.25) is 0 Å². The number of aryl methyl sites for hydroxylation is 1. The summed E-state index contributed by atoms with van der Waals surface area (Å²) in [7, 11) is 1.58. The van der Waals surface area contributed by atoms with Crippen molar-refractivity contribution in [1.82, 2.24) is 4.98 Å². The van der Waals surface area contributed by atoms with Crippen LogP contribution in [0.25, 0.3) is 0 Å². The first-order valence-corrected chi connectivity index (χ1v) is 6.85. The highest BCUT2D eigenvalue weighted by atomic mass is 16.5. The number of aromatic nitrogens is 1. The van der Waals surface area contributed by atoms with Gasteiger partial charge in [0.05, 0.1) is 13.7 Å². The number of rotatable bonds is 3. The summed E-state index contributed by atoms with van der Waals surface area (Å²) in [6.07, 6.45) is 2.91. The minimum atomic E-state index is 0.109. The highest BCUT2D eigenvalue weighted by molar-refractivity contribution is 5.96. The smallest absolute Gasteiger partial charge is 0.227 e. The summed E-state index contributed by atoms with van der Waals surface area (Å²) in [5.41, 5.74) is 9.47. The average Bonchev–Trinajstić information content (AvgIpc) is 2.50. The van der Waals surface area contributed by atoms with E-state index in [1.165, 1.54) is 0 Å². The molecular formula is C16H17N3O2. The molecule has 1 aliphatic rings. The van der Waals surface area contributed by atoms with Gasteiger partial charge in [-0.1, -0.05) is 6.07 Å². The van der Waals surface area contributed by atoms with Crippen molar-refractivity contribution >= 4 is 17.3 Å². The molecule has 0 saturated carbocycles. The van der Waals surface area contributed by atoms with E-state index < -0.39 is 0 Å². The summed E-state index contributed by atoms with van der Waals surface area (Å²) in [6, 6.07) is 9.44. The van der Waals surface area contributed by atoms with Crippen molar-refractivity contribution in [3.63, 3.8) is 0 Å². The lowest BCUT2D eigenvalue weighted by molar-refractivity contribution is -0.119. The molecule has 2 heterocycles. The molecule has 0 fully saturated rings. The van der Waals surface area contributed by atoms with E-state index in [0.717, 1.165) is 28.9 Å². The standard InChI is InChI=1S/C16H17N3O2/c1-21-16-12(3-2-8-18-16)10-19-14-6-5-13(17)9-11(14)4-7-15(19)20/h2-3,5-6,8-9H,4,7,10,17H2,1H3. The number of pyridine rings is 1. The zero-order valence-corrected chi connectivity index (χ0v) is 11.9. The van der Waals surface area contributed by atoms with Crippen molar-refractivity contribution in [3.05, 3.63) is 47.7 Å². The van der Waals surface area contributed by atoms with Crippen molar-refractivity contribution in [2.24, 2.45) is 0 Å². The topological polar surface area (TPSA) is 68.5 Å². The number of fused-ring (bicyclic) bond motifs is 1. The van der Waals surface area contributed by atoms with E-state index in [1.807, 2.05) is 30.3 Å². The van der Waals surface area contributed by atoms with Crippen LogP contribution >= 0.6 is 0 Å². The van der Waals surface area contributed by atoms with Crippen LogP contribution in [0.1, 0.15) is 17.5 Å². The number of hydrogen-bond acceptors (Lipinski definition) is 4. The number of carbonyl (C=O) groups is 1. The second-order valence-corrected chi connectivity index (χ2v) is 5.04. The van der Waals surface area contributed by atoms with E-state index in [-0.39, 0.29) is 5.91 Å². The summed E-state index contributed by atoms with van der Waals surface area (Å²) in [5, 5.41) is 0. The summed E-state index contributed by atoms with van der Waals surface area (Å²) in [6.45, 7) is 0.451. The molecule has 2 aromatic rings. The maximum absolute atomic E-state index is 12.3. The Morgan fingerprint density at radius 1 is 1.33 bits per heavy atom. The first-order chi connectivity index (χ1) is 10.2. The summed E-state index contributed by atoms with van der Waals surface area (Å²) < 4.78 is 5.26. The number of nitrogens with zero attached hydrogens (tertiary/aromatic N) is 2. The Hall–Kier alpha value is -2.56. The van der Waals surface area contributed by atoms with Crippen LogP contribution in [-0.4, -0.2) is 18.0 Å². The predicted molar refractivity (Wildman–Crippen MR) is 81.2 cm³/mol. The molecule has 1 aromatic carbocycles. The molecule has 0 bridgehead atoms. The molecule has 2 N–H and O–H groups in total. The Kier molecular flexibility index (Phi) is 3.48. The van der Waals surface area contributed by atoms with Crippen LogP contribution in [-0.2, 0) is 17.8 Å². The van der Waals surface area contributed by atoms with Crippen LogP contribution in [0, 0.1) is 0 Å². The molecular weight excluding hydrogens is 266 g/mol. The number of carbonyl (C=O) groups excluding carboxylic acids is 1. The van der Waals surface area contributed by atoms with E-state index in [4.69, 9.17) is 10.5 Å². The zero-order valence-electron chi connectivity index (χ0n) is 11.9. The third-order valence-corrected chi connectivity index (χ3v) is 3.68.